The quantitative estimate of drug-likeness (QED) is 0.564. The van der Waals surface area contributed by atoms with Crippen molar-refractivity contribution in [2.45, 2.75) is 12.5 Å². The van der Waals surface area contributed by atoms with Crippen LogP contribution in [0.5, 0.6) is 0 Å². The Balaban J connectivity index is 2.20. The molecule has 1 aromatic carbocycles. The second-order valence-electron chi connectivity index (χ2n) is 4.03. The number of amides is 1. The van der Waals surface area contributed by atoms with Gasteiger partial charge in [0.2, 0.25) is 5.91 Å². The fourth-order valence-electron chi connectivity index (χ4n) is 1.50. The molecule has 6 heteroatoms. The molecule has 0 saturated carbocycles. The summed E-state index contributed by atoms with van der Waals surface area (Å²) in [6.45, 7) is 0.0244. The first-order chi connectivity index (χ1) is 9.09. The molecule has 0 radical (unpaired) electrons. The van der Waals surface area contributed by atoms with E-state index in [1.807, 2.05) is 30.3 Å². The van der Waals surface area contributed by atoms with Gasteiger partial charge in [0, 0.05) is 6.54 Å². The van der Waals surface area contributed by atoms with Crippen LogP contribution < -0.4 is 11.1 Å². The number of carboxylic acids is 1. The van der Waals surface area contributed by atoms with Gasteiger partial charge in [-0.1, -0.05) is 30.3 Å². The number of ether oxygens (including phenoxy) is 1. The number of hydrogen-bond acceptors (Lipinski definition) is 4. The van der Waals surface area contributed by atoms with Crippen molar-refractivity contribution in [3.05, 3.63) is 35.9 Å². The van der Waals surface area contributed by atoms with Gasteiger partial charge in [-0.15, -0.1) is 0 Å². The average molecular weight is 266 g/mol. The molecule has 1 rings (SSSR count). The van der Waals surface area contributed by atoms with E-state index < -0.39 is 12.0 Å². The summed E-state index contributed by atoms with van der Waals surface area (Å²) in [6, 6.07) is 8.86. The Morgan fingerprint density at radius 1 is 1.32 bits per heavy atom. The number of nitrogens with two attached hydrogens (primary N) is 1. The Hall–Kier alpha value is -1.92. The number of carbonyl (C=O) groups excluding carboxylic acids is 1. The zero-order valence-corrected chi connectivity index (χ0v) is 10.5. The predicted molar refractivity (Wildman–Crippen MR) is 69.6 cm³/mol. The molecule has 104 valence electrons. The molecule has 0 saturated heterocycles. The Bertz CT molecular complexity index is 408. The van der Waals surface area contributed by atoms with Crippen molar-refractivity contribution in [3.63, 3.8) is 0 Å². The first-order valence-corrected chi connectivity index (χ1v) is 5.96. The van der Waals surface area contributed by atoms with E-state index in [4.69, 9.17) is 15.6 Å². The molecule has 0 aliphatic heterocycles. The molecule has 4 N–H and O–H groups in total. The molecule has 0 fully saturated rings. The van der Waals surface area contributed by atoms with Crippen LogP contribution in [0.1, 0.15) is 5.56 Å². The van der Waals surface area contributed by atoms with Crippen molar-refractivity contribution in [1.29, 1.82) is 0 Å². The zero-order valence-electron chi connectivity index (χ0n) is 10.5. The SMILES string of the molecule is N[C@@H](Cc1ccccc1)C(=O)NCCOCC(=O)O. The maximum Gasteiger partial charge on any atom is 0.329 e. The summed E-state index contributed by atoms with van der Waals surface area (Å²) in [5, 5.41) is 10.9. The van der Waals surface area contributed by atoms with Crippen LogP contribution in [0.25, 0.3) is 0 Å². The predicted octanol–water partition coefficient (Wildman–Crippen LogP) is -0.226. The summed E-state index contributed by atoms with van der Waals surface area (Å²) in [7, 11) is 0. The molecule has 0 aliphatic carbocycles. The molecule has 1 aromatic rings. The molecule has 6 nitrogen and oxygen atoms in total. The van der Waals surface area contributed by atoms with E-state index >= 15 is 0 Å². The lowest BCUT2D eigenvalue weighted by Gasteiger charge is -2.12. The topological polar surface area (TPSA) is 102 Å². The highest BCUT2D eigenvalue weighted by atomic mass is 16.5. The maximum absolute atomic E-state index is 11.6. The summed E-state index contributed by atoms with van der Waals surface area (Å²) in [4.78, 5) is 21.8. The van der Waals surface area contributed by atoms with Crippen LogP contribution in [-0.2, 0) is 20.7 Å². The first-order valence-electron chi connectivity index (χ1n) is 5.96. The molecule has 1 amide bonds. The Labute approximate surface area is 111 Å². The van der Waals surface area contributed by atoms with Gasteiger partial charge in [0.15, 0.2) is 0 Å². The molecule has 0 aliphatic rings. The lowest BCUT2D eigenvalue weighted by molar-refractivity contribution is -0.142. The van der Waals surface area contributed by atoms with Gasteiger partial charge in [0.05, 0.1) is 12.6 Å². The highest BCUT2D eigenvalue weighted by Gasteiger charge is 2.13. The van der Waals surface area contributed by atoms with Crippen LogP contribution in [0.2, 0.25) is 0 Å². The summed E-state index contributed by atoms with van der Waals surface area (Å²) in [5.41, 5.74) is 6.76. The number of benzene rings is 1. The van der Waals surface area contributed by atoms with Crippen LogP contribution >= 0.6 is 0 Å². The molecule has 0 heterocycles. The van der Waals surface area contributed by atoms with Crippen LogP contribution in [0.4, 0.5) is 0 Å². The van der Waals surface area contributed by atoms with E-state index in [1.54, 1.807) is 0 Å². The molecule has 0 aromatic heterocycles. The van der Waals surface area contributed by atoms with Gasteiger partial charge in [0.25, 0.3) is 0 Å². The van der Waals surface area contributed by atoms with E-state index in [2.05, 4.69) is 5.32 Å². The summed E-state index contributed by atoms with van der Waals surface area (Å²) in [6.07, 6.45) is 0.461. The van der Waals surface area contributed by atoms with E-state index in [9.17, 15) is 9.59 Å². The maximum atomic E-state index is 11.6. The Morgan fingerprint density at radius 3 is 2.63 bits per heavy atom. The van der Waals surface area contributed by atoms with Crippen molar-refractivity contribution in [2.24, 2.45) is 5.73 Å². The van der Waals surface area contributed by atoms with Crippen molar-refractivity contribution in [1.82, 2.24) is 5.32 Å². The highest BCUT2D eigenvalue weighted by molar-refractivity contribution is 5.81. The number of hydrogen-bond donors (Lipinski definition) is 3. The van der Waals surface area contributed by atoms with Gasteiger partial charge in [-0.2, -0.15) is 0 Å². The Morgan fingerprint density at radius 2 is 2.00 bits per heavy atom. The monoisotopic (exact) mass is 266 g/mol. The molecular weight excluding hydrogens is 248 g/mol. The number of nitrogens with one attached hydrogen (secondary N) is 1. The normalized spacial score (nSPS) is 11.8. The highest BCUT2D eigenvalue weighted by Crippen LogP contribution is 2.01. The lowest BCUT2D eigenvalue weighted by Crippen LogP contribution is -2.43. The smallest absolute Gasteiger partial charge is 0.329 e. The van der Waals surface area contributed by atoms with Gasteiger partial charge in [-0.25, -0.2) is 4.79 Å². The standard InChI is InChI=1S/C13H18N2O4/c14-11(8-10-4-2-1-3-5-10)13(18)15-6-7-19-9-12(16)17/h1-5,11H,6-9,14H2,(H,15,18)(H,16,17)/t11-/m0/s1. The molecule has 19 heavy (non-hydrogen) atoms. The fraction of sp³-hybridized carbons (Fsp3) is 0.385. The number of carboxylic acid groups (broad SMARTS) is 1. The lowest BCUT2D eigenvalue weighted by atomic mass is 10.1. The van der Waals surface area contributed by atoms with Gasteiger partial charge < -0.3 is 20.9 Å². The second-order valence-corrected chi connectivity index (χ2v) is 4.03. The minimum atomic E-state index is -1.04. The molecule has 0 bridgehead atoms. The van der Waals surface area contributed by atoms with E-state index in [0.29, 0.717) is 6.42 Å². The van der Waals surface area contributed by atoms with Gasteiger partial charge >= 0.3 is 5.97 Å². The Kier molecular flexibility index (Phi) is 6.56. The third kappa shape index (κ3) is 6.54. The molecular formula is C13H18N2O4. The van der Waals surface area contributed by atoms with E-state index in [-0.39, 0.29) is 25.7 Å². The van der Waals surface area contributed by atoms with Crippen molar-refractivity contribution >= 4 is 11.9 Å². The van der Waals surface area contributed by atoms with Gasteiger partial charge in [-0.3, -0.25) is 4.79 Å². The van der Waals surface area contributed by atoms with Crippen molar-refractivity contribution in [2.75, 3.05) is 19.8 Å². The largest absolute Gasteiger partial charge is 0.480 e. The second kappa shape index (κ2) is 8.23. The molecule has 1 atom stereocenters. The number of carbonyl (C=O) groups is 2. The minimum Gasteiger partial charge on any atom is -0.480 e. The fourth-order valence-corrected chi connectivity index (χ4v) is 1.50. The van der Waals surface area contributed by atoms with Crippen LogP contribution in [-0.4, -0.2) is 42.8 Å². The van der Waals surface area contributed by atoms with Gasteiger partial charge in [-0.05, 0) is 12.0 Å². The van der Waals surface area contributed by atoms with Crippen LogP contribution in [0, 0.1) is 0 Å². The summed E-state index contributed by atoms with van der Waals surface area (Å²) >= 11 is 0. The van der Waals surface area contributed by atoms with E-state index in [0.717, 1.165) is 5.56 Å². The van der Waals surface area contributed by atoms with Crippen LogP contribution in [0.3, 0.4) is 0 Å². The summed E-state index contributed by atoms with van der Waals surface area (Å²) < 4.78 is 4.79. The summed E-state index contributed by atoms with van der Waals surface area (Å²) in [5.74, 6) is -1.31. The average Bonchev–Trinajstić information content (AvgIpc) is 2.38. The first kappa shape index (κ1) is 15.1. The zero-order chi connectivity index (χ0) is 14.1. The van der Waals surface area contributed by atoms with Crippen LogP contribution in [0.15, 0.2) is 30.3 Å². The third-order valence-corrected chi connectivity index (χ3v) is 2.41. The molecule has 0 unspecified atom stereocenters. The minimum absolute atomic E-state index is 0.149. The number of rotatable bonds is 8. The molecule has 0 spiro atoms. The van der Waals surface area contributed by atoms with Gasteiger partial charge in [0.1, 0.15) is 6.61 Å². The van der Waals surface area contributed by atoms with Crippen molar-refractivity contribution in [3.8, 4) is 0 Å². The number of aliphatic carboxylic acids is 1. The van der Waals surface area contributed by atoms with E-state index in [1.165, 1.54) is 0 Å². The van der Waals surface area contributed by atoms with Crippen molar-refractivity contribution < 1.29 is 19.4 Å². The third-order valence-electron chi connectivity index (χ3n) is 2.41.